The average Bonchev–Trinajstić information content (AvgIpc) is 3.33. The molecule has 2 atom stereocenters. The molecule has 0 spiro atoms. The second kappa shape index (κ2) is 6.37. The van der Waals surface area contributed by atoms with E-state index in [0.29, 0.717) is 6.04 Å². The van der Waals surface area contributed by atoms with E-state index in [9.17, 15) is 0 Å². The van der Waals surface area contributed by atoms with Crippen molar-refractivity contribution in [3.05, 3.63) is 30.3 Å². The minimum atomic E-state index is 0.262. The lowest BCUT2D eigenvalue weighted by Crippen LogP contribution is -2.63. The van der Waals surface area contributed by atoms with E-state index < -0.39 is 0 Å². The highest BCUT2D eigenvalue weighted by atomic mass is 16.5. The van der Waals surface area contributed by atoms with Gasteiger partial charge in [-0.3, -0.25) is 4.90 Å². The predicted molar refractivity (Wildman–Crippen MR) is 86.7 cm³/mol. The van der Waals surface area contributed by atoms with E-state index in [1.807, 2.05) is 30.3 Å². The third-order valence-corrected chi connectivity index (χ3v) is 5.10. The van der Waals surface area contributed by atoms with Crippen LogP contribution in [-0.4, -0.2) is 42.7 Å². The highest BCUT2D eigenvalue weighted by molar-refractivity contribution is 5.20. The van der Waals surface area contributed by atoms with Crippen LogP contribution < -0.4 is 10.1 Å². The molecule has 1 aliphatic heterocycles. The Morgan fingerprint density at radius 1 is 1.29 bits per heavy atom. The Bertz CT molecular complexity index is 446. The molecule has 1 aromatic carbocycles. The fourth-order valence-electron chi connectivity index (χ4n) is 3.33. The molecule has 1 N–H and O–H groups in total. The SMILES string of the molecule is CCC1(C)CN(CCOc2ccccc2)C(C2CC2)CN1. The number of piperazine rings is 1. The van der Waals surface area contributed by atoms with E-state index in [0.717, 1.165) is 37.9 Å². The number of benzene rings is 1. The molecule has 116 valence electrons. The topological polar surface area (TPSA) is 24.5 Å². The van der Waals surface area contributed by atoms with Crippen molar-refractivity contribution in [3.8, 4) is 5.75 Å². The van der Waals surface area contributed by atoms with E-state index >= 15 is 0 Å². The monoisotopic (exact) mass is 288 g/mol. The van der Waals surface area contributed by atoms with Crippen LogP contribution in [0.25, 0.3) is 0 Å². The van der Waals surface area contributed by atoms with Crippen LogP contribution in [0.15, 0.2) is 30.3 Å². The first-order valence-electron chi connectivity index (χ1n) is 8.37. The zero-order valence-corrected chi connectivity index (χ0v) is 13.3. The Balaban J connectivity index is 1.55. The van der Waals surface area contributed by atoms with Crippen LogP contribution in [0.1, 0.15) is 33.1 Å². The molecular formula is C18H28N2O. The third-order valence-electron chi connectivity index (χ3n) is 5.10. The molecule has 1 aliphatic carbocycles. The summed E-state index contributed by atoms with van der Waals surface area (Å²) in [5.41, 5.74) is 0.262. The molecule has 1 aromatic rings. The van der Waals surface area contributed by atoms with Crippen molar-refractivity contribution in [2.45, 2.75) is 44.7 Å². The lowest BCUT2D eigenvalue weighted by molar-refractivity contribution is 0.0606. The van der Waals surface area contributed by atoms with Crippen LogP contribution in [0, 0.1) is 5.92 Å². The van der Waals surface area contributed by atoms with Gasteiger partial charge in [-0.1, -0.05) is 25.1 Å². The number of hydrogen-bond donors (Lipinski definition) is 1. The molecule has 0 aromatic heterocycles. The highest BCUT2D eigenvalue weighted by Crippen LogP contribution is 2.37. The van der Waals surface area contributed by atoms with Gasteiger partial charge in [0.05, 0.1) is 0 Å². The maximum absolute atomic E-state index is 5.90. The van der Waals surface area contributed by atoms with Crippen LogP contribution in [0.3, 0.4) is 0 Å². The van der Waals surface area contributed by atoms with Crippen LogP contribution in [0.4, 0.5) is 0 Å². The van der Waals surface area contributed by atoms with Gasteiger partial charge in [-0.15, -0.1) is 0 Å². The summed E-state index contributed by atoms with van der Waals surface area (Å²) in [6.07, 6.45) is 4.00. The van der Waals surface area contributed by atoms with E-state index in [2.05, 4.69) is 24.1 Å². The first kappa shape index (κ1) is 14.9. The molecule has 2 unspecified atom stereocenters. The van der Waals surface area contributed by atoms with Crippen LogP contribution >= 0.6 is 0 Å². The highest BCUT2D eigenvalue weighted by Gasteiger charge is 2.41. The number of rotatable bonds is 6. The Morgan fingerprint density at radius 2 is 2.05 bits per heavy atom. The third kappa shape index (κ3) is 3.78. The second-order valence-corrected chi connectivity index (χ2v) is 6.83. The summed E-state index contributed by atoms with van der Waals surface area (Å²) in [6.45, 7) is 8.73. The molecule has 3 rings (SSSR count). The molecule has 1 heterocycles. The van der Waals surface area contributed by atoms with Crippen molar-refractivity contribution in [2.75, 3.05) is 26.2 Å². The van der Waals surface area contributed by atoms with Crippen molar-refractivity contribution in [1.29, 1.82) is 0 Å². The number of para-hydroxylation sites is 1. The summed E-state index contributed by atoms with van der Waals surface area (Å²) in [4.78, 5) is 2.67. The largest absolute Gasteiger partial charge is 0.492 e. The van der Waals surface area contributed by atoms with Gasteiger partial charge in [-0.2, -0.15) is 0 Å². The Morgan fingerprint density at radius 3 is 2.71 bits per heavy atom. The molecule has 3 heteroatoms. The summed E-state index contributed by atoms with van der Waals surface area (Å²) in [6, 6.07) is 10.9. The van der Waals surface area contributed by atoms with Crippen molar-refractivity contribution in [3.63, 3.8) is 0 Å². The van der Waals surface area contributed by atoms with Crippen molar-refractivity contribution in [2.24, 2.45) is 5.92 Å². The molecule has 1 saturated heterocycles. The van der Waals surface area contributed by atoms with E-state index in [4.69, 9.17) is 4.74 Å². The van der Waals surface area contributed by atoms with Gasteiger partial charge < -0.3 is 10.1 Å². The average molecular weight is 288 g/mol. The summed E-state index contributed by atoms with van der Waals surface area (Å²) in [7, 11) is 0. The molecule has 1 saturated carbocycles. The minimum Gasteiger partial charge on any atom is -0.492 e. The quantitative estimate of drug-likeness (QED) is 0.871. The molecule has 21 heavy (non-hydrogen) atoms. The number of nitrogens with zero attached hydrogens (tertiary/aromatic N) is 1. The smallest absolute Gasteiger partial charge is 0.119 e. The number of nitrogens with one attached hydrogen (secondary N) is 1. The summed E-state index contributed by atoms with van der Waals surface area (Å²) in [5.74, 6) is 1.89. The Labute approximate surface area is 128 Å². The minimum absolute atomic E-state index is 0.262. The molecule has 0 bridgehead atoms. The fraction of sp³-hybridized carbons (Fsp3) is 0.667. The van der Waals surface area contributed by atoms with Crippen LogP contribution in [0.5, 0.6) is 5.75 Å². The molecule has 2 aliphatic rings. The maximum Gasteiger partial charge on any atom is 0.119 e. The van der Waals surface area contributed by atoms with Crippen molar-refractivity contribution >= 4 is 0 Å². The van der Waals surface area contributed by atoms with Crippen LogP contribution in [0.2, 0.25) is 0 Å². The number of ether oxygens (including phenoxy) is 1. The van der Waals surface area contributed by atoms with Crippen molar-refractivity contribution in [1.82, 2.24) is 10.2 Å². The van der Waals surface area contributed by atoms with Gasteiger partial charge in [0.1, 0.15) is 12.4 Å². The summed E-state index contributed by atoms with van der Waals surface area (Å²) < 4.78 is 5.90. The molecule has 2 fully saturated rings. The standard InChI is InChI=1S/C18H28N2O/c1-3-18(2)14-20(17(13-19-18)15-9-10-15)11-12-21-16-7-5-4-6-8-16/h4-8,15,17,19H,3,9-14H2,1-2H3. The van der Waals surface area contributed by atoms with Crippen molar-refractivity contribution < 1.29 is 4.74 Å². The van der Waals surface area contributed by atoms with E-state index in [1.54, 1.807) is 0 Å². The lowest BCUT2D eigenvalue weighted by Gasteiger charge is -2.46. The molecule has 0 amide bonds. The fourth-order valence-corrected chi connectivity index (χ4v) is 3.33. The van der Waals surface area contributed by atoms with E-state index in [1.165, 1.54) is 19.3 Å². The second-order valence-electron chi connectivity index (χ2n) is 6.83. The lowest BCUT2D eigenvalue weighted by atomic mass is 9.92. The first-order chi connectivity index (χ1) is 10.2. The Kier molecular flexibility index (Phi) is 4.51. The van der Waals surface area contributed by atoms with Crippen LogP contribution in [-0.2, 0) is 0 Å². The maximum atomic E-state index is 5.90. The molecule has 0 radical (unpaired) electrons. The normalized spacial score (nSPS) is 30.3. The van der Waals surface area contributed by atoms with Gasteiger partial charge in [0.2, 0.25) is 0 Å². The predicted octanol–water partition coefficient (Wildman–Crippen LogP) is 2.92. The van der Waals surface area contributed by atoms with Gasteiger partial charge in [0, 0.05) is 31.2 Å². The van der Waals surface area contributed by atoms with Gasteiger partial charge in [0.25, 0.3) is 0 Å². The van der Waals surface area contributed by atoms with Gasteiger partial charge in [0.15, 0.2) is 0 Å². The first-order valence-corrected chi connectivity index (χ1v) is 8.37. The summed E-state index contributed by atoms with van der Waals surface area (Å²) >= 11 is 0. The molecular weight excluding hydrogens is 260 g/mol. The zero-order chi connectivity index (χ0) is 14.7. The Hall–Kier alpha value is -1.06. The number of hydrogen-bond acceptors (Lipinski definition) is 3. The van der Waals surface area contributed by atoms with Gasteiger partial charge in [-0.25, -0.2) is 0 Å². The van der Waals surface area contributed by atoms with Gasteiger partial charge in [-0.05, 0) is 44.2 Å². The van der Waals surface area contributed by atoms with E-state index in [-0.39, 0.29) is 5.54 Å². The van der Waals surface area contributed by atoms with Gasteiger partial charge >= 0.3 is 0 Å². The molecule has 3 nitrogen and oxygen atoms in total. The summed E-state index contributed by atoms with van der Waals surface area (Å²) in [5, 5.41) is 3.77. The zero-order valence-electron chi connectivity index (χ0n) is 13.3.